The maximum atomic E-state index is 11.8. The summed E-state index contributed by atoms with van der Waals surface area (Å²) in [7, 11) is 0. The highest BCUT2D eigenvalue weighted by Crippen LogP contribution is 2.13. The predicted molar refractivity (Wildman–Crippen MR) is 162 cm³/mol. The van der Waals surface area contributed by atoms with Crippen LogP contribution in [0.2, 0.25) is 0 Å². The minimum Gasteiger partial charge on any atom is -0.444 e. The highest BCUT2D eigenvalue weighted by atomic mass is 32.2. The second kappa shape index (κ2) is 16.9. The maximum absolute atomic E-state index is 11.8. The standard InChI is InChI=1S/C28H45N9O4S/c1-5-6-8-16-36-21-25(30-33-36)19-35(18-14-23-10-12-24(13-11-23)32-42(39)40)20-26-22-37(34-31-26)17-9-7-15-29-27(38)41-28(2,3)4/h10-13,21-22,32H,5-9,14-20H2,1-4H3,(H,29,38)(H,39,40). The highest BCUT2D eigenvalue weighted by molar-refractivity contribution is 7.80. The summed E-state index contributed by atoms with van der Waals surface area (Å²) in [6.07, 6.45) is 9.42. The molecule has 1 aromatic carbocycles. The molecule has 0 aliphatic carbocycles. The Labute approximate surface area is 250 Å². The minimum absolute atomic E-state index is 0.402. The van der Waals surface area contributed by atoms with E-state index in [0.29, 0.717) is 31.9 Å². The lowest BCUT2D eigenvalue weighted by atomic mass is 10.1. The van der Waals surface area contributed by atoms with Gasteiger partial charge in [0.2, 0.25) is 0 Å². The first-order valence-corrected chi connectivity index (χ1v) is 15.6. The van der Waals surface area contributed by atoms with Crippen molar-refractivity contribution >= 4 is 23.0 Å². The zero-order valence-electron chi connectivity index (χ0n) is 25.2. The number of rotatable bonds is 18. The molecular formula is C28H45N9O4S. The van der Waals surface area contributed by atoms with Gasteiger partial charge in [-0.3, -0.25) is 23.5 Å². The molecule has 0 aliphatic rings. The van der Waals surface area contributed by atoms with E-state index in [4.69, 9.17) is 9.29 Å². The fourth-order valence-corrected chi connectivity index (χ4v) is 4.61. The second-order valence-corrected chi connectivity index (χ2v) is 12.0. The molecule has 3 rings (SSSR count). The van der Waals surface area contributed by atoms with Gasteiger partial charge in [0.15, 0.2) is 0 Å². The normalized spacial score (nSPS) is 12.4. The Bertz CT molecular complexity index is 1240. The third kappa shape index (κ3) is 13.1. The van der Waals surface area contributed by atoms with E-state index in [1.807, 2.05) is 54.7 Å². The molecule has 0 fully saturated rings. The molecule has 0 radical (unpaired) electrons. The molecular weight excluding hydrogens is 558 g/mol. The molecule has 2 heterocycles. The number of anilines is 1. The monoisotopic (exact) mass is 603 g/mol. The van der Waals surface area contributed by atoms with E-state index < -0.39 is 23.0 Å². The van der Waals surface area contributed by atoms with Crippen LogP contribution in [0.25, 0.3) is 0 Å². The van der Waals surface area contributed by atoms with E-state index in [9.17, 15) is 9.00 Å². The molecule has 14 heteroatoms. The lowest BCUT2D eigenvalue weighted by Gasteiger charge is -2.20. The SMILES string of the molecule is CCCCCn1cc(CN(CCc2ccc(NS(=O)O)cc2)Cc2cn(CCCCNC(=O)OC(C)(C)C)nn2)nn1. The van der Waals surface area contributed by atoms with Crippen LogP contribution in [0.5, 0.6) is 0 Å². The number of carbonyl (C=O) groups excluding carboxylic acids is 1. The molecule has 2 aromatic heterocycles. The van der Waals surface area contributed by atoms with Crippen molar-refractivity contribution < 1.29 is 18.3 Å². The van der Waals surface area contributed by atoms with Gasteiger partial charge in [-0.15, -0.1) is 10.2 Å². The first-order chi connectivity index (χ1) is 20.1. The Balaban J connectivity index is 1.54. The molecule has 232 valence electrons. The predicted octanol–water partition coefficient (Wildman–Crippen LogP) is 4.16. The number of aromatic nitrogens is 6. The number of aryl methyl sites for hydroxylation is 2. The van der Waals surface area contributed by atoms with E-state index in [1.165, 1.54) is 6.42 Å². The number of nitrogens with zero attached hydrogens (tertiary/aromatic N) is 7. The molecule has 13 nitrogen and oxygen atoms in total. The highest BCUT2D eigenvalue weighted by Gasteiger charge is 2.16. The largest absolute Gasteiger partial charge is 0.444 e. The first-order valence-electron chi connectivity index (χ1n) is 14.5. The summed E-state index contributed by atoms with van der Waals surface area (Å²) in [4.78, 5) is 14.1. The van der Waals surface area contributed by atoms with Gasteiger partial charge in [0, 0.05) is 57.3 Å². The minimum atomic E-state index is -2.10. The third-order valence-corrected chi connectivity index (χ3v) is 6.70. The number of carbonyl (C=O) groups is 1. The lowest BCUT2D eigenvalue weighted by Crippen LogP contribution is -2.33. The maximum Gasteiger partial charge on any atom is 0.407 e. The second-order valence-electron chi connectivity index (χ2n) is 11.3. The summed E-state index contributed by atoms with van der Waals surface area (Å²) < 4.78 is 31.5. The van der Waals surface area contributed by atoms with Crippen LogP contribution in [0.4, 0.5) is 10.5 Å². The number of ether oxygens (including phenoxy) is 1. The third-order valence-electron chi connectivity index (χ3n) is 6.29. The molecule has 1 amide bonds. The summed E-state index contributed by atoms with van der Waals surface area (Å²) in [5.41, 5.74) is 2.96. The van der Waals surface area contributed by atoms with Gasteiger partial charge in [-0.2, -0.15) is 0 Å². The topological polar surface area (TPSA) is 152 Å². The summed E-state index contributed by atoms with van der Waals surface area (Å²) in [5.74, 6) is 0. The molecule has 0 saturated carbocycles. The summed E-state index contributed by atoms with van der Waals surface area (Å²) in [6, 6.07) is 7.49. The zero-order valence-corrected chi connectivity index (χ0v) is 26.0. The fraction of sp³-hybridized carbons (Fsp3) is 0.607. The number of nitrogens with one attached hydrogen (secondary N) is 2. The molecule has 0 aliphatic heterocycles. The molecule has 1 atom stereocenters. The van der Waals surface area contributed by atoms with Crippen molar-refractivity contribution in [2.24, 2.45) is 0 Å². The van der Waals surface area contributed by atoms with Crippen LogP contribution in [-0.4, -0.2) is 68.4 Å². The van der Waals surface area contributed by atoms with E-state index in [2.05, 4.69) is 42.5 Å². The molecule has 42 heavy (non-hydrogen) atoms. The lowest BCUT2D eigenvalue weighted by molar-refractivity contribution is 0.0527. The van der Waals surface area contributed by atoms with Crippen LogP contribution in [0.3, 0.4) is 0 Å². The van der Waals surface area contributed by atoms with E-state index >= 15 is 0 Å². The summed E-state index contributed by atoms with van der Waals surface area (Å²) >= 11 is -2.10. The van der Waals surface area contributed by atoms with Crippen molar-refractivity contribution in [2.75, 3.05) is 17.8 Å². The average Bonchev–Trinajstić information content (AvgIpc) is 3.56. The molecule has 0 bridgehead atoms. The van der Waals surface area contributed by atoms with Gasteiger partial charge in [0.05, 0.1) is 11.4 Å². The fourth-order valence-electron chi connectivity index (χ4n) is 4.27. The number of hydrogen-bond donors (Lipinski definition) is 3. The van der Waals surface area contributed by atoms with Crippen molar-refractivity contribution in [1.82, 2.24) is 40.2 Å². The van der Waals surface area contributed by atoms with Gasteiger partial charge in [-0.05, 0) is 64.2 Å². The smallest absolute Gasteiger partial charge is 0.407 e. The number of hydrogen-bond acceptors (Lipinski definition) is 8. The Kier molecular flexibility index (Phi) is 13.4. The Hall–Kier alpha value is -3.36. The van der Waals surface area contributed by atoms with Crippen molar-refractivity contribution in [2.45, 2.75) is 98.0 Å². The van der Waals surface area contributed by atoms with Crippen LogP contribution in [0, 0.1) is 0 Å². The van der Waals surface area contributed by atoms with Crippen LogP contribution in [0.1, 0.15) is 76.8 Å². The van der Waals surface area contributed by atoms with Gasteiger partial charge in [0.1, 0.15) is 5.60 Å². The molecule has 3 N–H and O–H groups in total. The number of benzene rings is 1. The number of unbranched alkanes of at least 4 members (excludes halogenated alkanes) is 3. The van der Waals surface area contributed by atoms with Gasteiger partial charge < -0.3 is 10.1 Å². The van der Waals surface area contributed by atoms with Gasteiger partial charge in [-0.25, -0.2) is 9.00 Å². The molecule has 1 unspecified atom stereocenters. The van der Waals surface area contributed by atoms with Crippen LogP contribution >= 0.6 is 0 Å². The van der Waals surface area contributed by atoms with Crippen molar-refractivity contribution in [3.63, 3.8) is 0 Å². The van der Waals surface area contributed by atoms with Crippen LogP contribution in [0.15, 0.2) is 36.7 Å². The van der Waals surface area contributed by atoms with Crippen LogP contribution in [-0.2, 0) is 48.6 Å². The quantitative estimate of drug-likeness (QED) is 0.144. The van der Waals surface area contributed by atoms with Crippen molar-refractivity contribution in [3.05, 3.63) is 53.6 Å². The van der Waals surface area contributed by atoms with Gasteiger partial charge >= 0.3 is 6.09 Å². The molecule has 0 saturated heterocycles. The number of alkyl carbamates (subject to hydrolysis) is 1. The van der Waals surface area contributed by atoms with E-state index in [1.54, 1.807) is 12.1 Å². The Morgan fingerprint density at radius 2 is 1.57 bits per heavy atom. The molecule has 3 aromatic rings. The summed E-state index contributed by atoms with van der Waals surface area (Å²) in [6.45, 7) is 11.8. The Morgan fingerprint density at radius 3 is 2.12 bits per heavy atom. The first kappa shape index (κ1) is 33.1. The van der Waals surface area contributed by atoms with Crippen molar-refractivity contribution in [1.29, 1.82) is 0 Å². The zero-order chi connectivity index (χ0) is 30.4. The average molecular weight is 604 g/mol. The van der Waals surface area contributed by atoms with Gasteiger partial charge in [-0.1, -0.05) is 42.3 Å². The molecule has 0 spiro atoms. The summed E-state index contributed by atoms with van der Waals surface area (Å²) in [5, 5.41) is 20.2. The van der Waals surface area contributed by atoms with E-state index in [0.717, 1.165) is 62.1 Å². The van der Waals surface area contributed by atoms with Crippen LogP contribution < -0.4 is 10.0 Å². The Morgan fingerprint density at radius 1 is 0.976 bits per heavy atom. The van der Waals surface area contributed by atoms with Gasteiger partial charge in [0.25, 0.3) is 11.3 Å². The number of amides is 1. The van der Waals surface area contributed by atoms with Crippen molar-refractivity contribution in [3.8, 4) is 0 Å². The van der Waals surface area contributed by atoms with E-state index in [-0.39, 0.29) is 0 Å².